The minimum absolute atomic E-state index is 0.0187. The van der Waals surface area contributed by atoms with E-state index in [1.165, 1.54) is 22.7 Å². The maximum Gasteiger partial charge on any atom is 0.361 e. The third kappa shape index (κ3) is 6.13. The van der Waals surface area contributed by atoms with Gasteiger partial charge in [0.15, 0.2) is 5.71 Å². The van der Waals surface area contributed by atoms with E-state index in [0.717, 1.165) is 11.5 Å². The molecule has 0 atom stereocenters. The number of carbonyl (C=O) groups excluding carboxylic acids is 3. The average molecular weight is 614 g/mol. The third-order valence-corrected chi connectivity index (χ3v) is 7.97. The maximum atomic E-state index is 12.9. The number of azo groups is 1. The van der Waals surface area contributed by atoms with E-state index in [9.17, 15) is 14.4 Å². The number of rotatable bonds is 11. The maximum absolute atomic E-state index is 12.9. The topological polar surface area (TPSA) is 158 Å². The molecule has 0 radical (unpaired) electrons. The first-order valence-corrected chi connectivity index (χ1v) is 15.0. The zero-order chi connectivity index (χ0) is 28.9. The molecule has 4 heterocycles. The summed E-state index contributed by atoms with van der Waals surface area (Å²) in [4.78, 5) is 45.5. The first-order valence-electron chi connectivity index (χ1n) is 12.5. The molecule has 0 amide bonds. The molecular formula is C25H23N7O6S3. The second-order valence-electron chi connectivity index (χ2n) is 8.23. The Balaban J connectivity index is 1.49. The summed E-state index contributed by atoms with van der Waals surface area (Å²) in [7, 11) is 0. The van der Waals surface area contributed by atoms with Gasteiger partial charge in [-0.15, -0.1) is 32.9 Å². The number of anilines is 2. The molecule has 3 aromatic heterocycles. The van der Waals surface area contributed by atoms with E-state index in [0.29, 0.717) is 55.4 Å². The fraction of sp³-hybridized carbons (Fsp3) is 0.320. The fourth-order valence-corrected chi connectivity index (χ4v) is 6.11. The van der Waals surface area contributed by atoms with Gasteiger partial charge in [0.05, 0.1) is 59.8 Å². The Morgan fingerprint density at radius 3 is 2.27 bits per heavy atom. The second kappa shape index (κ2) is 12.6. The highest BCUT2D eigenvalue weighted by Crippen LogP contribution is 2.45. The van der Waals surface area contributed by atoms with Crippen LogP contribution in [0, 0.1) is 0 Å². The quantitative estimate of drug-likeness (QED) is 0.124. The van der Waals surface area contributed by atoms with E-state index < -0.39 is 5.97 Å². The minimum atomic E-state index is -0.623. The molecule has 0 N–H and O–H groups in total. The lowest BCUT2D eigenvalue weighted by molar-refractivity contribution is -0.143. The smallest absolute Gasteiger partial charge is 0.361 e. The van der Waals surface area contributed by atoms with Crippen LogP contribution >= 0.6 is 34.2 Å². The van der Waals surface area contributed by atoms with Crippen LogP contribution in [-0.4, -0.2) is 57.8 Å². The molecule has 1 aliphatic rings. The van der Waals surface area contributed by atoms with Crippen LogP contribution in [0.3, 0.4) is 0 Å². The van der Waals surface area contributed by atoms with Gasteiger partial charge in [0.25, 0.3) is 0 Å². The zero-order valence-electron chi connectivity index (χ0n) is 22.1. The van der Waals surface area contributed by atoms with Gasteiger partial charge in [0.2, 0.25) is 10.3 Å². The Bertz CT molecular complexity index is 1670. The number of hydrogen-bond donors (Lipinski definition) is 0. The van der Waals surface area contributed by atoms with Gasteiger partial charge in [-0.3, -0.25) is 9.59 Å². The number of ether oxygens (including phenoxy) is 3. The lowest BCUT2D eigenvalue weighted by atomic mass is 10.1. The van der Waals surface area contributed by atoms with Crippen LogP contribution in [0.2, 0.25) is 0 Å². The molecule has 0 saturated carbocycles. The van der Waals surface area contributed by atoms with E-state index in [4.69, 9.17) is 14.2 Å². The number of carbonyl (C=O) groups is 3. The van der Waals surface area contributed by atoms with Crippen LogP contribution in [0.4, 0.5) is 21.6 Å². The van der Waals surface area contributed by atoms with Gasteiger partial charge >= 0.3 is 17.9 Å². The summed E-state index contributed by atoms with van der Waals surface area (Å²) in [6.07, 6.45) is 0.0753. The number of nitrogens with zero attached hydrogens (tertiary/aromatic N) is 7. The van der Waals surface area contributed by atoms with E-state index in [1.807, 2.05) is 0 Å². The van der Waals surface area contributed by atoms with Crippen molar-refractivity contribution in [2.75, 3.05) is 24.8 Å². The molecule has 0 bridgehead atoms. The largest absolute Gasteiger partial charge is 0.466 e. The second-order valence-corrected chi connectivity index (χ2v) is 10.7. The standard InChI is InChI=1S/C25H23N7O6S3/c1-4-36-17(33)9-13-11-39-24(26-13)29-28-15-7-8-16-19-20(31-41-22(15)19)21(23(35)38-6-3)30-32(16)25-27-14(12-40-25)10-18(34)37-5-2/h7-8,11-12H,4-6,9-10H2,1-3H3. The van der Waals surface area contributed by atoms with Gasteiger partial charge < -0.3 is 14.2 Å². The molecule has 5 rings (SSSR count). The number of esters is 3. The Kier molecular flexibility index (Phi) is 8.70. The van der Waals surface area contributed by atoms with Crippen LogP contribution in [0.25, 0.3) is 10.1 Å². The number of thiazole rings is 2. The molecule has 4 aromatic rings. The van der Waals surface area contributed by atoms with Gasteiger partial charge in [-0.05, 0) is 44.4 Å². The first kappa shape index (κ1) is 28.4. The van der Waals surface area contributed by atoms with Crippen molar-refractivity contribution in [1.29, 1.82) is 0 Å². The molecular weight excluding hydrogens is 591 g/mol. The first-order chi connectivity index (χ1) is 19.9. The van der Waals surface area contributed by atoms with E-state index in [-0.39, 0.29) is 43.7 Å². The van der Waals surface area contributed by atoms with E-state index in [2.05, 4.69) is 29.7 Å². The molecule has 0 saturated heterocycles. The van der Waals surface area contributed by atoms with Crippen molar-refractivity contribution < 1.29 is 28.6 Å². The SMILES string of the molecule is CCOC(=O)Cc1csc(N=Nc2ccc3c4c(nsc24)C(C(=O)OCC)=NN3c2nc(CC(=O)OCC)cs2)n1. The summed E-state index contributed by atoms with van der Waals surface area (Å²) in [5.41, 5.74) is 2.64. The summed E-state index contributed by atoms with van der Waals surface area (Å²) < 4.78 is 20.4. The predicted molar refractivity (Wildman–Crippen MR) is 154 cm³/mol. The van der Waals surface area contributed by atoms with Crippen LogP contribution in [0.5, 0.6) is 0 Å². The highest BCUT2D eigenvalue weighted by molar-refractivity contribution is 7.15. The molecule has 0 unspecified atom stereocenters. The van der Waals surface area contributed by atoms with Crippen molar-refractivity contribution in [2.24, 2.45) is 15.3 Å². The van der Waals surface area contributed by atoms with Gasteiger partial charge in [-0.2, -0.15) is 9.47 Å². The lowest BCUT2D eigenvalue weighted by Crippen LogP contribution is -2.27. The molecule has 1 aromatic carbocycles. The molecule has 0 aliphatic carbocycles. The Labute approximate surface area is 245 Å². The van der Waals surface area contributed by atoms with Crippen LogP contribution in [0.1, 0.15) is 37.9 Å². The Hall–Kier alpha value is -4.15. The van der Waals surface area contributed by atoms with Crippen molar-refractivity contribution in [3.8, 4) is 0 Å². The van der Waals surface area contributed by atoms with Crippen molar-refractivity contribution in [1.82, 2.24) is 14.3 Å². The summed E-state index contributed by atoms with van der Waals surface area (Å²) in [5, 5.41) is 19.7. The summed E-state index contributed by atoms with van der Waals surface area (Å²) in [5.74, 6) is -1.36. The van der Waals surface area contributed by atoms with Gasteiger partial charge in [0, 0.05) is 10.8 Å². The summed E-state index contributed by atoms with van der Waals surface area (Å²) in [6.45, 7) is 5.94. The van der Waals surface area contributed by atoms with Crippen LogP contribution in [-0.2, 0) is 41.4 Å². The van der Waals surface area contributed by atoms with Crippen molar-refractivity contribution in [2.45, 2.75) is 33.6 Å². The minimum Gasteiger partial charge on any atom is -0.466 e. The van der Waals surface area contributed by atoms with Gasteiger partial charge in [0.1, 0.15) is 11.4 Å². The van der Waals surface area contributed by atoms with Crippen molar-refractivity contribution in [3.63, 3.8) is 0 Å². The lowest BCUT2D eigenvalue weighted by Gasteiger charge is -2.22. The zero-order valence-corrected chi connectivity index (χ0v) is 24.6. The van der Waals surface area contributed by atoms with Crippen LogP contribution in [0.15, 0.2) is 38.2 Å². The third-order valence-electron chi connectivity index (χ3n) is 5.47. The van der Waals surface area contributed by atoms with Crippen molar-refractivity contribution in [3.05, 3.63) is 40.0 Å². The molecule has 41 heavy (non-hydrogen) atoms. The van der Waals surface area contributed by atoms with Gasteiger partial charge in [-0.25, -0.2) is 19.8 Å². The number of hydrazone groups is 1. The van der Waals surface area contributed by atoms with Gasteiger partial charge in [-0.1, -0.05) is 0 Å². The molecule has 1 aliphatic heterocycles. The Morgan fingerprint density at radius 2 is 1.56 bits per heavy atom. The summed E-state index contributed by atoms with van der Waals surface area (Å²) >= 11 is 3.68. The Morgan fingerprint density at radius 1 is 0.878 bits per heavy atom. The number of aromatic nitrogens is 3. The van der Waals surface area contributed by atoms with Crippen LogP contribution < -0.4 is 5.01 Å². The molecule has 16 heteroatoms. The molecule has 0 fully saturated rings. The molecule has 212 valence electrons. The molecule has 13 nitrogen and oxygen atoms in total. The normalized spacial score (nSPS) is 12.6. The van der Waals surface area contributed by atoms with E-state index >= 15 is 0 Å². The summed E-state index contributed by atoms with van der Waals surface area (Å²) in [6, 6.07) is 3.56. The average Bonchev–Trinajstić information content (AvgIpc) is 3.70. The number of hydrogen-bond acceptors (Lipinski definition) is 16. The highest BCUT2D eigenvalue weighted by Gasteiger charge is 2.33. The molecule has 0 spiro atoms. The fourth-order valence-electron chi connectivity index (χ4n) is 3.83. The monoisotopic (exact) mass is 613 g/mol. The number of benzene rings is 1. The van der Waals surface area contributed by atoms with Crippen molar-refractivity contribution >= 4 is 89.5 Å². The highest BCUT2D eigenvalue weighted by atomic mass is 32.1. The predicted octanol–water partition coefficient (Wildman–Crippen LogP) is 5.25. The van der Waals surface area contributed by atoms with E-state index in [1.54, 1.807) is 48.7 Å².